The standard InChI is InChI=1S/C31H36N6O2/c1-31(2,3)39-30(38)36-19-15-26(16-20-36)37(29-21-33-27-7-5-6-8-28(27)34-29)22-23-9-11-24(12-10-23)35(4)25-13-17-32-18-14-25/h5-14,17-18,21,26H,15-16,19-20,22H2,1-4H3. The Morgan fingerprint density at radius 2 is 1.59 bits per heavy atom. The molecule has 0 bridgehead atoms. The topological polar surface area (TPSA) is 74.7 Å². The molecule has 0 saturated carbocycles. The number of fused-ring (bicyclic) bond motifs is 1. The fourth-order valence-electron chi connectivity index (χ4n) is 4.91. The molecule has 0 atom stereocenters. The van der Waals surface area contributed by atoms with E-state index in [2.05, 4.69) is 46.1 Å². The van der Waals surface area contributed by atoms with Crippen LogP contribution in [0.1, 0.15) is 39.2 Å². The zero-order chi connectivity index (χ0) is 27.4. The first-order valence-electron chi connectivity index (χ1n) is 13.5. The summed E-state index contributed by atoms with van der Waals surface area (Å²) in [4.78, 5) is 32.7. The summed E-state index contributed by atoms with van der Waals surface area (Å²) in [5, 5.41) is 0. The van der Waals surface area contributed by atoms with Crippen LogP contribution in [0.25, 0.3) is 11.0 Å². The third-order valence-corrected chi connectivity index (χ3v) is 7.01. The molecule has 1 fully saturated rings. The summed E-state index contributed by atoms with van der Waals surface area (Å²) < 4.78 is 5.61. The smallest absolute Gasteiger partial charge is 0.410 e. The minimum absolute atomic E-state index is 0.221. The SMILES string of the molecule is CN(c1ccncc1)c1ccc(CN(c2cnc3ccccc3n2)C2CCN(C(=O)OC(C)(C)C)CC2)cc1. The lowest BCUT2D eigenvalue weighted by Crippen LogP contribution is -2.48. The van der Waals surface area contributed by atoms with Crippen LogP contribution in [0.2, 0.25) is 0 Å². The van der Waals surface area contributed by atoms with Crippen molar-refractivity contribution < 1.29 is 9.53 Å². The minimum Gasteiger partial charge on any atom is -0.444 e. The third kappa shape index (κ3) is 6.45. The highest BCUT2D eigenvalue weighted by Gasteiger charge is 2.30. The molecule has 0 unspecified atom stereocenters. The molecule has 1 aliphatic rings. The van der Waals surface area contributed by atoms with E-state index in [0.717, 1.165) is 41.1 Å². The van der Waals surface area contributed by atoms with Crippen LogP contribution in [0.3, 0.4) is 0 Å². The largest absolute Gasteiger partial charge is 0.444 e. The van der Waals surface area contributed by atoms with Crippen molar-refractivity contribution in [2.45, 2.75) is 51.8 Å². The van der Waals surface area contributed by atoms with Gasteiger partial charge in [-0.2, -0.15) is 0 Å². The highest BCUT2D eigenvalue weighted by Crippen LogP contribution is 2.28. The summed E-state index contributed by atoms with van der Waals surface area (Å²) >= 11 is 0. The van der Waals surface area contributed by atoms with Gasteiger partial charge in [-0.1, -0.05) is 24.3 Å². The van der Waals surface area contributed by atoms with Crippen LogP contribution in [0.5, 0.6) is 0 Å². The van der Waals surface area contributed by atoms with E-state index >= 15 is 0 Å². The summed E-state index contributed by atoms with van der Waals surface area (Å²) in [7, 11) is 2.06. The molecule has 2 aromatic carbocycles. The van der Waals surface area contributed by atoms with Gasteiger partial charge in [-0.05, 0) is 75.6 Å². The zero-order valence-corrected chi connectivity index (χ0v) is 23.1. The molecule has 2 aromatic heterocycles. The molecular formula is C31H36N6O2. The number of para-hydroxylation sites is 2. The molecular weight excluding hydrogens is 488 g/mol. The van der Waals surface area contributed by atoms with Crippen LogP contribution in [0.4, 0.5) is 22.0 Å². The molecule has 0 N–H and O–H groups in total. The molecule has 202 valence electrons. The Morgan fingerprint density at radius 3 is 2.26 bits per heavy atom. The van der Waals surface area contributed by atoms with Crippen LogP contribution < -0.4 is 9.80 Å². The molecule has 8 heteroatoms. The second-order valence-electron chi connectivity index (χ2n) is 11.0. The molecule has 1 amide bonds. The first kappa shape index (κ1) is 26.4. The Labute approximate surface area is 230 Å². The fraction of sp³-hybridized carbons (Fsp3) is 0.355. The van der Waals surface area contributed by atoms with Gasteiger partial charge in [0.05, 0.1) is 17.2 Å². The van der Waals surface area contributed by atoms with Crippen LogP contribution in [-0.2, 0) is 11.3 Å². The second-order valence-corrected chi connectivity index (χ2v) is 11.0. The van der Waals surface area contributed by atoms with E-state index in [-0.39, 0.29) is 12.1 Å². The van der Waals surface area contributed by atoms with Gasteiger partial charge < -0.3 is 19.4 Å². The summed E-state index contributed by atoms with van der Waals surface area (Å²) in [5.41, 5.74) is 4.63. The van der Waals surface area contributed by atoms with Crippen molar-refractivity contribution in [2.24, 2.45) is 0 Å². The number of likely N-dealkylation sites (tertiary alicyclic amines) is 1. The predicted molar refractivity (Wildman–Crippen MR) is 155 cm³/mol. The Kier molecular flexibility index (Phi) is 7.63. The average Bonchev–Trinajstić information content (AvgIpc) is 2.95. The molecule has 1 saturated heterocycles. The van der Waals surface area contributed by atoms with Gasteiger partial charge in [-0.25, -0.2) is 9.78 Å². The quantitative estimate of drug-likeness (QED) is 0.297. The van der Waals surface area contributed by atoms with Crippen LogP contribution in [0.15, 0.2) is 79.3 Å². The number of nitrogens with zero attached hydrogens (tertiary/aromatic N) is 6. The first-order valence-corrected chi connectivity index (χ1v) is 13.5. The van der Waals surface area contributed by atoms with Gasteiger partial charge in [0, 0.05) is 56.5 Å². The van der Waals surface area contributed by atoms with E-state index < -0.39 is 5.60 Å². The maximum atomic E-state index is 12.6. The van der Waals surface area contributed by atoms with Crippen molar-refractivity contribution in [3.05, 3.63) is 84.8 Å². The number of benzene rings is 2. The van der Waals surface area contributed by atoms with Gasteiger partial charge in [0.2, 0.25) is 0 Å². The number of hydrogen-bond donors (Lipinski definition) is 0. The normalized spacial score (nSPS) is 14.3. The van der Waals surface area contributed by atoms with E-state index in [4.69, 9.17) is 14.7 Å². The number of ether oxygens (including phenoxy) is 1. The van der Waals surface area contributed by atoms with Crippen molar-refractivity contribution >= 4 is 34.3 Å². The molecule has 3 heterocycles. The maximum absolute atomic E-state index is 12.6. The summed E-state index contributed by atoms with van der Waals surface area (Å²) in [5.74, 6) is 0.849. The molecule has 5 rings (SSSR count). The van der Waals surface area contributed by atoms with Gasteiger partial charge in [0.15, 0.2) is 0 Å². The van der Waals surface area contributed by atoms with Gasteiger partial charge >= 0.3 is 6.09 Å². The monoisotopic (exact) mass is 524 g/mol. The minimum atomic E-state index is -0.502. The number of pyridine rings is 1. The number of amides is 1. The highest BCUT2D eigenvalue weighted by molar-refractivity contribution is 5.75. The first-order chi connectivity index (χ1) is 18.8. The van der Waals surface area contributed by atoms with E-state index in [1.807, 2.05) is 68.3 Å². The predicted octanol–water partition coefficient (Wildman–Crippen LogP) is 6.20. The molecule has 8 nitrogen and oxygen atoms in total. The Balaban J connectivity index is 1.36. The lowest BCUT2D eigenvalue weighted by atomic mass is 10.0. The maximum Gasteiger partial charge on any atom is 0.410 e. The summed E-state index contributed by atoms with van der Waals surface area (Å²) in [6.07, 6.45) is 6.89. The number of hydrogen-bond acceptors (Lipinski definition) is 7. The number of carbonyl (C=O) groups is 1. The number of piperidine rings is 1. The molecule has 0 aliphatic carbocycles. The van der Waals surface area contributed by atoms with Crippen LogP contribution in [0, 0.1) is 0 Å². The fourth-order valence-corrected chi connectivity index (χ4v) is 4.91. The molecule has 1 aliphatic heterocycles. The Hall–Kier alpha value is -4.20. The molecule has 4 aromatic rings. The van der Waals surface area contributed by atoms with Crippen molar-refractivity contribution in [3.63, 3.8) is 0 Å². The van der Waals surface area contributed by atoms with Gasteiger partial charge in [-0.15, -0.1) is 0 Å². The lowest BCUT2D eigenvalue weighted by Gasteiger charge is -2.39. The average molecular weight is 525 g/mol. The van der Waals surface area contributed by atoms with E-state index in [0.29, 0.717) is 19.6 Å². The van der Waals surface area contributed by atoms with Crippen LogP contribution >= 0.6 is 0 Å². The molecule has 0 radical (unpaired) electrons. The number of rotatable bonds is 6. The Bertz CT molecular complexity index is 1400. The van der Waals surface area contributed by atoms with Crippen molar-refractivity contribution in [1.82, 2.24) is 19.9 Å². The van der Waals surface area contributed by atoms with Crippen molar-refractivity contribution in [1.29, 1.82) is 0 Å². The van der Waals surface area contributed by atoms with Gasteiger partial charge in [0.25, 0.3) is 0 Å². The number of anilines is 3. The lowest BCUT2D eigenvalue weighted by molar-refractivity contribution is 0.0204. The van der Waals surface area contributed by atoms with E-state index in [1.54, 1.807) is 12.4 Å². The van der Waals surface area contributed by atoms with Gasteiger partial charge in [0.1, 0.15) is 11.4 Å². The van der Waals surface area contributed by atoms with Crippen molar-refractivity contribution in [3.8, 4) is 0 Å². The summed E-state index contributed by atoms with van der Waals surface area (Å²) in [6.45, 7) is 7.69. The van der Waals surface area contributed by atoms with Crippen molar-refractivity contribution in [2.75, 3.05) is 29.9 Å². The molecule has 0 spiro atoms. The van der Waals surface area contributed by atoms with Crippen LogP contribution in [-0.4, -0.2) is 57.7 Å². The number of carbonyl (C=O) groups excluding carboxylic acids is 1. The third-order valence-electron chi connectivity index (χ3n) is 7.01. The molecule has 39 heavy (non-hydrogen) atoms. The van der Waals surface area contributed by atoms with E-state index in [1.165, 1.54) is 5.56 Å². The highest BCUT2D eigenvalue weighted by atomic mass is 16.6. The zero-order valence-electron chi connectivity index (χ0n) is 23.1. The second kappa shape index (κ2) is 11.3. The summed E-state index contributed by atoms with van der Waals surface area (Å²) in [6, 6.07) is 20.8. The number of aromatic nitrogens is 3. The van der Waals surface area contributed by atoms with Gasteiger partial charge in [-0.3, -0.25) is 9.97 Å². The Morgan fingerprint density at radius 1 is 0.949 bits per heavy atom. The van der Waals surface area contributed by atoms with E-state index in [9.17, 15) is 4.79 Å².